The van der Waals surface area contributed by atoms with Gasteiger partial charge in [0.2, 0.25) is 0 Å². The summed E-state index contributed by atoms with van der Waals surface area (Å²) in [5, 5.41) is 0.0803. The van der Waals surface area contributed by atoms with E-state index in [1.54, 1.807) is 0 Å². The Morgan fingerprint density at radius 1 is 1.09 bits per heavy atom. The summed E-state index contributed by atoms with van der Waals surface area (Å²) in [6.45, 7) is 1.39. The number of pyridine rings is 2. The standard InChI is InChI=1S/C22H16ClF4N3O3S/c1-2-34(32,33)19-7-13(12-5-15(23)9-16(24)6-12)10-29-20(19)21(31)30-4-3-17-18(30)8-14(11-28-17)22(25,26)27/h5-11H,2-4H2,1H3. The SMILES string of the molecule is CCS(=O)(=O)c1cc(-c2cc(F)cc(Cl)c2)cnc1C(=O)N1CCc2ncc(C(F)(F)F)cc21. The van der Waals surface area contributed by atoms with Crippen LogP contribution in [0.25, 0.3) is 11.1 Å². The molecule has 3 aromatic rings. The molecule has 0 N–H and O–H groups in total. The molecule has 0 bridgehead atoms. The smallest absolute Gasteiger partial charge is 0.305 e. The summed E-state index contributed by atoms with van der Waals surface area (Å²) in [4.78, 5) is 21.8. The maximum Gasteiger partial charge on any atom is 0.417 e. The molecule has 0 saturated heterocycles. The van der Waals surface area contributed by atoms with E-state index in [2.05, 4.69) is 9.97 Å². The molecule has 0 unspecified atom stereocenters. The first-order chi connectivity index (χ1) is 15.9. The fourth-order valence-corrected chi connectivity index (χ4v) is 4.89. The molecule has 6 nitrogen and oxygen atoms in total. The number of anilines is 1. The molecule has 0 spiro atoms. The predicted octanol–water partition coefficient (Wildman–Crippen LogP) is 4.95. The lowest BCUT2D eigenvalue weighted by molar-refractivity contribution is -0.137. The fourth-order valence-electron chi connectivity index (χ4n) is 3.62. The van der Waals surface area contributed by atoms with Gasteiger partial charge in [0.15, 0.2) is 9.84 Å². The summed E-state index contributed by atoms with van der Waals surface area (Å²) in [5.74, 6) is -1.89. The van der Waals surface area contributed by atoms with Gasteiger partial charge in [-0.15, -0.1) is 0 Å². The lowest BCUT2D eigenvalue weighted by atomic mass is 10.1. The Balaban J connectivity index is 1.82. The van der Waals surface area contributed by atoms with Crippen LogP contribution >= 0.6 is 11.6 Å². The molecule has 3 heterocycles. The van der Waals surface area contributed by atoms with Crippen molar-refractivity contribution in [3.8, 4) is 11.1 Å². The van der Waals surface area contributed by atoms with E-state index >= 15 is 0 Å². The third-order valence-corrected chi connectivity index (χ3v) is 7.31. The molecule has 0 saturated carbocycles. The normalized spacial score (nSPS) is 13.8. The molecule has 1 amide bonds. The molecule has 1 aliphatic rings. The Kier molecular flexibility index (Phi) is 6.11. The number of alkyl halides is 3. The highest BCUT2D eigenvalue weighted by Crippen LogP contribution is 2.36. The Morgan fingerprint density at radius 2 is 1.82 bits per heavy atom. The van der Waals surface area contributed by atoms with Crippen LogP contribution in [0.4, 0.5) is 23.2 Å². The lowest BCUT2D eigenvalue weighted by Crippen LogP contribution is -2.31. The number of nitrogens with zero attached hydrogens (tertiary/aromatic N) is 3. The van der Waals surface area contributed by atoms with Crippen LogP contribution < -0.4 is 4.90 Å². The number of sulfone groups is 1. The third-order valence-electron chi connectivity index (χ3n) is 5.35. The lowest BCUT2D eigenvalue weighted by Gasteiger charge is -2.19. The largest absolute Gasteiger partial charge is 0.417 e. The van der Waals surface area contributed by atoms with Gasteiger partial charge in [-0.1, -0.05) is 18.5 Å². The van der Waals surface area contributed by atoms with Gasteiger partial charge in [-0.2, -0.15) is 13.2 Å². The van der Waals surface area contributed by atoms with E-state index in [1.807, 2.05) is 0 Å². The maximum atomic E-state index is 13.8. The van der Waals surface area contributed by atoms with Crippen LogP contribution in [0.5, 0.6) is 0 Å². The van der Waals surface area contributed by atoms with Gasteiger partial charge in [0.25, 0.3) is 5.91 Å². The van der Waals surface area contributed by atoms with Crippen LogP contribution in [-0.4, -0.2) is 36.6 Å². The maximum absolute atomic E-state index is 13.8. The van der Waals surface area contributed by atoms with Crippen molar-refractivity contribution in [2.45, 2.75) is 24.4 Å². The molecule has 0 atom stereocenters. The summed E-state index contributed by atoms with van der Waals surface area (Å²) in [7, 11) is -4.00. The molecule has 4 rings (SSSR count). The molecule has 1 aliphatic heterocycles. The topological polar surface area (TPSA) is 80.2 Å². The summed E-state index contributed by atoms with van der Waals surface area (Å²) < 4.78 is 78.9. The van der Waals surface area contributed by atoms with Gasteiger partial charge < -0.3 is 4.90 Å². The molecule has 1 aromatic carbocycles. The zero-order valence-electron chi connectivity index (χ0n) is 17.5. The van der Waals surface area contributed by atoms with Crippen molar-refractivity contribution < 1.29 is 30.8 Å². The van der Waals surface area contributed by atoms with Gasteiger partial charge in [-0.3, -0.25) is 9.78 Å². The third kappa shape index (κ3) is 4.49. The van der Waals surface area contributed by atoms with E-state index in [-0.39, 0.29) is 46.2 Å². The van der Waals surface area contributed by atoms with Crippen LogP contribution in [0.15, 0.2) is 47.6 Å². The van der Waals surface area contributed by atoms with Crippen molar-refractivity contribution in [1.29, 1.82) is 0 Å². The second kappa shape index (κ2) is 8.62. The van der Waals surface area contributed by atoms with Crippen molar-refractivity contribution >= 4 is 33.0 Å². The van der Waals surface area contributed by atoms with Crippen molar-refractivity contribution in [2.75, 3.05) is 17.2 Å². The molecule has 0 fully saturated rings. The molecule has 178 valence electrons. The highest BCUT2D eigenvalue weighted by Gasteiger charge is 2.36. The van der Waals surface area contributed by atoms with E-state index in [0.717, 1.165) is 23.1 Å². The molecule has 0 aliphatic carbocycles. The molecule has 34 heavy (non-hydrogen) atoms. The first kappa shape index (κ1) is 24.1. The second-order valence-electron chi connectivity index (χ2n) is 7.53. The van der Waals surface area contributed by atoms with Crippen LogP contribution in [-0.2, 0) is 22.4 Å². The average molecular weight is 514 g/mol. The van der Waals surface area contributed by atoms with E-state index in [4.69, 9.17) is 11.6 Å². The highest BCUT2D eigenvalue weighted by atomic mass is 35.5. The van der Waals surface area contributed by atoms with Crippen LogP contribution in [0.3, 0.4) is 0 Å². The number of amides is 1. The number of hydrogen-bond acceptors (Lipinski definition) is 5. The first-order valence-corrected chi connectivity index (χ1v) is 12.0. The van der Waals surface area contributed by atoms with Crippen LogP contribution in [0.1, 0.15) is 28.7 Å². The van der Waals surface area contributed by atoms with E-state index < -0.39 is 43.9 Å². The number of hydrogen-bond donors (Lipinski definition) is 0. The Bertz CT molecular complexity index is 1390. The number of halogens is 5. The Labute approximate surface area is 197 Å². The average Bonchev–Trinajstić information content (AvgIpc) is 3.20. The van der Waals surface area contributed by atoms with Gasteiger partial charge in [0, 0.05) is 35.9 Å². The highest BCUT2D eigenvalue weighted by molar-refractivity contribution is 7.91. The minimum Gasteiger partial charge on any atom is -0.305 e. The summed E-state index contributed by atoms with van der Waals surface area (Å²) in [5.41, 5.74) is -0.797. The first-order valence-electron chi connectivity index (χ1n) is 9.98. The molecular weight excluding hydrogens is 498 g/mol. The van der Waals surface area contributed by atoms with Gasteiger partial charge >= 0.3 is 6.18 Å². The predicted molar refractivity (Wildman–Crippen MR) is 117 cm³/mol. The fraction of sp³-hybridized carbons (Fsp3) is 0.227. The Hall–Kier alpha value is -3.05. The monoisotopic (exact) mass is 513 g/mol. The van der Waals surface area contributed by atoms with Crippen LogP contribution in [0.2, 0.25) is 5.02 Å². The number of carbonyl (C=O) groups excluding carboxylic acids is 1. The van der Waals surface area contributed by atoms with Gasteiger partial charge in [-0.25, -0.2) is 17.8 Å². The summed E-state index contributed by atoms with van der Waals surface area (Å²) in [6.07, 6.45) is -2.58. The molecule has 2 aromatic heterocycles. The zero-order valence-corrected chi connectivity index (χ0v) is 19.1. The van der Waals surface area contributed by atoms with Gasteiger partial charge in [0.1, 0.15) is 11.5 Å². The minimum atomic E-state index is -4.66. The zero-order chi connectivity index (χ0) is 24.8. The Morgan fingerprint density at radius 3 is 2.47 bits per heavy atom. The van der Waals surface area contributed by atoms with Crippen LogP contribution in [0, 0.1) is 5.82 Å². The number of aromatic nitrogens is 2. The van der Waals surface area contributed by atoms with E-state index in [9.17, 15) is 30.8 Å². The van der Waals surface area contributed by atoms with Gasteiger partial charge in [0.05, 0.1) is 27.6 Å². The van der Waals surface area contributed by atoms with Crippen molar-refractivity contribution in [3.05, 3.63) is 70.5 Å². The number of carbonyl (C=O) groups is 1. The number of fused-ring (bicyclic) bond motifs is 1. The van der Waals surface area contributed by atoms with E-state index in [0.29, 0.717) is 6.20 Å². The molecular formula is C22H16ClF4N3O3S. The number of benzene rings is 1. The van der Waals surface area contributed by atoms with Gasteiger partial charge in [-0.05, 0) is 35.9 Å². The van der Waals surface area contributed by atoms with Crippen molar-refractivity contribution in [2.24, 2.45) is 0 Å². The summed E-state index contributed by atoms with van der Waals surface area (Å²) in [6, 6.07) is 5.62. The second-order valence-corrected chi connectivity index (χ2v) is 10.2. The summed E-state index contributed by atoms with van der Waals surface area (Å²) >= 11 is 5.89. The minimum absolute atomic E-state index is 0.0109. The number of rotatable bonds is 4. The molecule has 0 radical (unpaired) electrons. The van der Waals surface area contributed by atoms with Crippen molar-refractivity contribution in [1.82, 2.24) is 9.97 Å². The van der Waals surface area contributed by atoms with E-state index in [1.165, 1.54) is 25.3 Å². The quantitative estimate of drug-likeness (QED) is 0.461. The van der Waals surface area contributed by atoms with Crippen molar-refractivity contribution in [3.63, 3.8) is 0 Å². The molecule has 12 heteroatoms.